The van der Waals surface area contributed by atoms with E-state index in [1.54, 1.807) is 48.5 Å². The van der Waals surface area contributed by atoms with Crippen LogP contribution < -0.4 is 21.5 Å². The average molecular weight is 436 g/mol. The zero-order chi connectivity index (χ0) is 22.1. The molecule has 0 saturated heterocycles. The molecule has 0 fully saturated rings. The van der Waals surface area contributed by atoms with Gasteiger partial charge in [0.2, 0.25) is 0 Å². The van der Waals surface area contributed by atoms with Gasteiger partial charge in [0.05, 0.1) is 5.69 Å². The van der Waals surface area contributed by atoms with Crippen LogP contribution in [0, 0.1) is 0 Å². The molecule has 3 aromatic carbocycles. The summed E-state index contributed by atoms with van der Waals surface area (Å²) in [5.41, 5.74) is 1.19. The summed E-state index contributed by atoms with van der Waals surface area (Å²) in [4.78, 5) is 28.5. The van der Waals surface area contributed by atoms with Crippen molar-refractivity contribution >= 4 is 28.7 Å². The van der Waals surface area contributed by atoms with Gasteiger partial charge in [-0.05, 0) is 55.0 Å². The summed E-state index contributed by atoms with van der Waals surface area (Å²) >= 11 is 6.01. The maximum atomic E-state index is 12.2. The Morgan fingerprint density at radius 1 is 0.968 bits per heavy atom. The van der Waals surface area contributed by atoms with E-state index in [9.17, 15) is 19.8 Å². The highest BCUT2D eigenvalue weighted by Crippen LogP contribution is 2.33. The molecule has 1 unspecified atom stereocenters. The van der Waals surface area contributed by atoms with E-state index in [2.05, 4.69) is 15.6 Å². The van der Waals surface area contributed by atoms with Crippen LogP contribution in [-0.4, -0.2) is 15.2 Å². The first-order valence-corrected chi connectivity index (χ1v) is 9.82. The van der Waals surface area contributed by atoms with Crippen molar-refractivity contribution < 1.29 is 10.2 Å². The standard InChI is InChI=1S/C23H18ClN3O4/c1-12(13-3-2-4-16(28)9-13)26-20-21(23(31)22(20)30)27-15-5-6-19(29)17(11-15)18-10-14(24)7-8-25-18/h2-12,26-29H,1H3. The number of aromatic nitrogens is 1. The molecule has 1 atom stereocenters. The van der Waals surface area contributed by atoms with Gasteiger partial charge in [-0.15, -0.1) is 0 Å². The van der Waals surface area contributed by atoms with Crippen LogP contribution in [0.2, 0.25) is 5.02 Å². The van der Waals surface area contributed by atoms with E-state index in [-0.39, 0.29) is 28.9 Å². The lowest BCUT2D eigenvalue weighted by molar-refractivity contribution is 0.474. The lowest BCUT2D eigenvalue weighted by Gasteiger charge is -2.20. The Morgan fingerprint density at radius 3 is 2.48 bits per heavy atom. The lowest BCUT2D eigenvalue weighted by atomic mass is 10.1. The van der Waals surface area contributed by atoms with E-state index in [1.807, 2.05) is 6.92 Å². The summed E-state index contributed by atoms with van der Waals surface area (Å²) in [6.07, 6.45) is 1.53. The van der Waals surface area contributed by atoms with Gasteiger partial charge in [0.15, 0.2) is 0 Å². The van der Waals surface area contributed by atoms with Crippen LogP contribution >= 0.6 is 11.6 Å². The van der Waals surface area contributed by atoms with E-state index in [0.29, 0.717) is 22.0 Å². The van der Waals surface area contributed by atoms with Gasteiger partial charge in [0.1, 0.15) is 22.9 Å². The predicted molar refractivity (Wildman–Crippen MR) is 121 cm³/mol. The third-order valence-electron chi connectivity index (χ3n) is 4.91. The summed E-state index contributed by atoms with van der Waals surface area (Å²) < 4.78 is 0. The quantitative estimate of drug-likeness (QED) is 0.263. The Hall–Kier alpha value is -3.84. The Balaban J connectivity index is 1.61. The highest BCUT2D eigenvalue weighted by atomic mass is 35.5. The first-order valence-electron chi connectivity index (χ1n) is 9.44. The number of benzene rings is 2. The predicted octanol–water partition coefficient (Wildman–Crippen LogP) is 4.33. The molecule has 0 aliphatic heterocycles. The van der Waals surface area contributed by atoms with Gasteiger partial charge in [0.25, 0.3) is 10.9 Å². The number of pyridine rings is 1. The number of nitrogens with one attached hydrogen (secondary N) is 2. The van der Waals surface area contributed by atoms with E-state index >= 15 is 0 Å². The third-order valence-corrected chi connectivity index (χ3v) is 5.14. The van der Waals surface area contributed by atoms with Gasteiger partial charge in [-0.1, -0.05) is 23.7 Å². The monoisotopic (exact) mass is 435 g/mol. The lowest BCUT2D eigenvalue weighted by Crippen LogP contribution is -2.37. The van der Waals surface area contributed by atoms with Gasteiger partial charge in [0, 0.05) is 28.5 Å². The van der Waals surface area contributed by atoms with Crippen molar-refractivity contribution in [3.8, 4) is 22.8 Å². The third kappa shape index (κ3) is 4.08. The molecule has 8 heteroatoms. The number of aromatic hydroxyl groups is 2. The second kappa shape index (κ2) is 8.12. The Bertz CT molecular complexity index is 1350. The SMILES string of the molecule is CC(Nc1c(Nc2ccc(O)c(-c3cc(Cl)ccn3)c2)c(=O)c1=O)c1cccc(O)c1. The van der Waals surface area contributed by atoms with Crippen molar-refractivity contribution in [3.63, 3.8) is 0 Å². The molecule has 0 bridgehead atoms. The van der Waals surface area contributed by atoms with Crippen molar-refractivity contribution in [2.75, 3.05) is 10.6 Å². The average Bonchev–Trinajstić information content (AvgIpc) is 2.76. The number of nitrogens with zero attached hydrogens (tertiary/aromatic N) is 1. The molecule has 4 rings (SSSR count). The normalized spacial score (nSPS) is 11.9. The minimum Gasteiger partial charge on any atom is -0.508 e. The molecule has 7 nitrogen and oxygen atoms in total. The first-order chi connectivity index (χ1) is 14.8. The maximum Gasteiger partial charge on any atom is 0.253 e. The van der Waals surface area contributed by atoms with Gasteiger partial charge in [-0.3, -0.25) is 14.6 Å². The molecule has 4 aromatic rings. The van der Waals surface area contributed by atoms with Crippen molar-refractivity contribution in [2.45, 2.75) is 13.0 Å². The molecule has 0 amide bonds. The number of hydrogen-bond acceptors (Lipinski definition) is 7. The largest absolute Gasteiger partial charge is 0.508 e. The molecule has 1 aromatic heterocycles. The van der Waals surface area contributed by atoms with Crippen molar-refractivity contribution in [1.29, 1.82) is 0 Å². The number of hydrogen-bond donors (Lipinski definition) is 4. The zero-order valence-corrected chi connectivity index (χ0v) is 17.1. The number of rotatable bonds is 6. The smallest absolute Gasteiger partial charge is 0.253 e. The van der Waals surface area contributed by atoms with E-state index in [4.69, 9.17) is 11.6 Å². The minimum absolute atomic E-state index is 0.00108. The van der Waals surface area contributed by atoms with Crippen LogP contribution in [0.1, 0.15) is 18.5 Å². The van der Waals surface area contributed by atoms with Gasteiger partial charge < -0.3 is 20.8 Å². The minimum atomic E-state index is -0.638. The molecule has 0 saturated carbocycles. The topological polar surface area (TPSA) is 112 Å². The molecule has 156 valence electrons. The second-order valence-electron chi connectivity index (χ2n) is 7.09. The molecule has 0 aliphatic carbocycles. The summed E-state index contributed by atoms with van der Waals surface area (Å²) in [6, 6.07) is 14.2. The van der Waals surface area contributed by atoms with Crippen LogP contribution in [-0.2, 0) is 0 Å². The first kappa shape index (κ1) is 20.4. The van der Waals surface area contributed by atoms with Crippen molar-refractivity contribution in [3.05, 3.63) is 91.8 Å². The summed E-state index contributed by atoms with van der Waals surface area (Å²) in [7, 11) is 0. The number of anilines is 3. The second-order valence-corrected chi connectivity index (χ2v) is 7.52. The van der Waals surface area contributed by atoms with Crippen molar-refractivity contribution in [2.24, 2.45) is 0 Å². The molecular weight excluding hydrogens is 418 g/mol. The zero-order valence-electron chi connectivity index (χ0n) is 16.4. The molecule has 31 heavy (non-hydrogen) atoms. The maximum absolute atomic E-state index is 12.2. The highest BCUT2D eigenvalue weighted by Gasteiger charge is 2.23. The molecule has 0 radical (unpaired) electrons. The van der Waals surface area contributed by atoms with Crippen LogP contribution in [0.4, 0.5) is 17.1 Å². The highest BCUT2D eigenvalue weighted by molar-refractivity contribution is 6.30. The van der Waals surface area contributed by atoms with Crippen LogP contribution in [0.25, 0.3) is 11.3 Å². The van der Waals surface area contributed by atoms with Crippen LogP contribution in [0.3, 0.4) is 0 Å². The Labute approximate surface area is 182 Å². The Morgan fingerprint density at radius 2 is 1.74 bits per heavy atom. The number of phenols is 2. The van der Waals surface area contributed by atoms with Crippen LogP contribution in [0.15, 0.2) is 70.4 Å². The summed E-state index contributed by atoms with van der Waals surface area (Å²) in [6.45, 7) is 1.82. The summed E-state index contributed by atoms with van der Waals surface area (Å²) in [5, 5.41) is 26.3. The van der Waals surface area contributed by atoms with E-state index in [1.165, 1.54) is 12.3 Å². The summed E-state index contributed by atoms with van der Waals surface area (Å²) in [5.74, 6) is 0.113. The van der Waals surface area contributed by atoms with Crippen LogP contribution in [0.5, 0.6) is 11.5 Å². The fourth-order valence-corrected chi connectivity index (χ4v) is 3.42. The molecule has 0 spiro atoms. The van der Waals surface area contributed by atoms with E-state index < -0.39 is 10.9 Å². The van der Waals surface area contributed by atoms with Gasteiger partial charge >= 0.3 is 0 Å². The number of phenolic OH excluding ortho intramolecular Hbond substituents is 2. The molecule has 4 N–H and O–H groups in total. The fraction of sp³-hybridized carbons (Fsp3) is 0.0870. The van der Waals surface area contributed by atoms with Gasteiger partial charge in [-0.2, -0.15) is 0 Å². The Kier molecular flexibility index (Phi) is 5.35. The molecular formula is C23H18ClN3O4. The molecule has 1 heterocycles. The van der Waals surface area contributed by atoms with E-state index in [0.717, 1.165) is 5.56 Å². The van der Waals surface area contributed by atoms with Gasteiger partial charge in [-0.25, -0.2) is 0 Å². The fourth-order valence-electron chi connectivity index (χ4n) is 3.26. The number of halogens is 1. The van der Waals surface area contributed by atoms with Crippen molar-refractivity contribution in [1.82, 2.24) is 4.98 Å². The molecule has 0 aliphatic rings.